The summed E-state index contributed by atoms with van der Waals surface area (Å²) in [6.07, 6.45) is 1.99. The molecule has 0 aliphatic rings. The van der Waals surface area contributed by atoms with Crippen LogP contribution < -0.4 is 10.1 Å². The molecule has 0 bridgehead atoms. The third kappa shape index (κ3) is 5.56. The van der Waals surface area contributed by atoms with Crippen LogP contribution in [0, 0.1) is 0 Å². The van der Waals surface area contributed by atoms with Crippen LogP contribution in [0.1, 0.15) is 32.0 Å². The molecule has 0 saturated heterocycles. The quantitative estimate of drug-likeness (QED) is 0.804. The predicted molar refractivity (Wildman–Crippen MR) is 88.7 cm³/mol. The number of halogens is 1. The van der Waals surface area contributed by atoms with Gasteiger partial charge in [-0.25, -0.2) is 0 Å². The Bertz CT molecular complexity index is 625. The van der Waals surface area contributed by atoms with Gasteiger partial charge in [0.15, 0.2) is 0 Å². The summed E-state index contributed by atoms with van der Waals surface area (Å²) in [5, 5.41) is 11.5. The van der Waals surface area contributed by atoms with Gasteiger partial charge in [0, 0.05) is 24.0 Å². The van der Waals surface area contributed by atoms with Gasteiger partial charge in [0.1, 0.15) is 17.9 Å². The van der Waals surface area contributed by atoms with Crippen LogP contribution in [-0.4, -0.2) is 33.8 Å². The maximum absolute atomic E-state index is 11.8. The Hall–Kier alpha value is -2.08. The van der Waals surface area contributed by atoms with Crippen molar-refractivity contribution in [2.24, 2.45) is 0 Å². The molecule has 0 unspecified atom stereocenters. The van der Waals surface area contributed by atoms with Gasteiger partial charge in [0.25, 0.3) is 0 Å². The number of ether oxygens (including phenoxy) is 1. The Morgan fingerprint density at radius 1 is 1.35 bits per heavy atom. The van der Waals surface area contributed by atoms with E-state index in [4.69, 9.17) is 16.3 Å². The van der Waals surface area contributed by atoms with Gasteiger partial charge in [-0.3, -0.25) is 4.79 Å². The SMILES string of the molecule is CC(C)c1nncn1CCNC(=O)CCOc1ccc(Cl)cc1. The lowest BCUT2D eigenvalue weighted by Gasteiger charge is -2.10. The second-order valence-corrected chi connectivity index (χ2v) is 5.88. The molecule has 0 radical (unpaired) electrons. The Balaban J connectivity index is 1.65. The Kier molecular flexibility index (Phi) is 6.40. The van der Waals surface area contributed by atoms with E-state index in [2.05, 4.69) is 29.4 Å². The molecule has 7 heteroatoms. The van der Waals surface area contributed by atoms with E-state index >= 15 is 0 Å². The van der Waals surface area contributed by atoms with Gasteiger partial charge < -0.3 is 14.6 Å². The maximum Gasteiger partial charge on any atom is 0.223 e. The molecule has 124 valence electrons. The van der Waals surface area contributed by atoms with Crippen molar-refractivity contribution in [3.05, 3.63) is 41.4 Å². The molecular formula is C16H21ClN4O2. The number of nitrogens with zero attached hydrogens (tertiary/aromatic N) is 3. The van der Waals surface area contributed by atoms with Crippen LogP contribution in [0.5, 0.6) is 5.75 Å². The topological polar surface area (TPSA) is 69.0 Å². The summed E-state index contributed by atoms with van der Waals surface area (Å²) in [6.45, 7) is 5.65. The lowest BCUT2D eigenvalue weighted by atomic mass is 10.2. The van der Waals surface area contributed by atoms with Crippen molar-refractivity contribution in [2.45, 2.75) is 32.7 Å². The van der Waals surface area contributed by atoms with Crippen LogP contribution in [0.25, 0.3) is 0 Å². The van der Waals surface area contributed by atoms with E-state index in [1.165, 1.54) is 0 Å². The summed E-state index contributed by atoms with van der Waals surface area (Å²) in [7, 11) is 0. The molecule has 0 fully saturated rings. The number of carbonyl (C=O) groups excluding carboxylic acids is 1. The van der Waals surface area contributed by atoms with Crippen LogP contribution in [0.4, 0.5) is 0 Å². The van der Waals surface area contributed by atoms with Gasteiger partial charge in [0.2, 0.25) is 5.91 Å². The molecule has 2 rings (SSSR count). The highest BCUT2D eigenvalue weighted by Gasteiger charge is 2.08. The molecule has 0 aliphatic heterocycles. The summed E-state index contributed by atoms with van der Waals surface area (Å²) in [5.41, 5.74) is 0. The molecule has 1 N–H and O–H groups in total. The maximum atomic E-state index is 11.8. The Labute approximate surface area is 140 Å². The summed E-state index contributed by atoms with van der Waals surface area (Å²) in [6, 6.07) is 7.06. The molecular weight excluding hydrogens is 316 g/mol. The van der Waals surface area contributed by atoms with E-state index in [-0.39, 0.29) is 5.91 Å². The Morgan fingerprint density at radius 2 is 2.09 bits per heavy atom. The lowest BCUT2D eigenvalue weighted by Crippen LogP contribution is -2.28. The normalized spacial score (nSPS) is 10.8. The molecule has 0 aliphatic carbocycles. The first-order valence-corrected chi connectivity index (χ1v) is 7.97. The van der Waals surface area contributed by atoms with E-state index in [9.17, 15) is 4.79 Å². The molecule has 1 heterocycles. The van der Waals surface area contributed by atoms with Gasteiger partial charge in [-0.2, -0.15) is 0 Å². The van der Waals surface area contributed by atoms with Crippen LogP contribution in [0.2, 0.25) is 5.02 Å². The smallest absolute Gasteiger partial charge is 0.223 e. The molecule has 1 aromatic heterocycles. The van der Waals surface area contributed by atoms with Crippen LogP contribution in [0.15, 0.2) is 30.6 Å². The zero-order chi connectivity index (χ0) is 16.7. The summed E-state index contributed by atoms with van der Waals surface area (Å²) in [5.74, 6) is 1.89. The average molecular weight is 337 g/mol. The molecule has 2 aromatic rings. The van der Waals surface area contributed by atoms with Gasteiger partial charge >= 0.3 is 0 Å². The van der Waals surface area contributed by atoms with E-state index in [1.807, 2.05) is 4.57 Å². The number of amides is 1. The van der Waals surface area contributed by atoms with Gasteiger partial charge in [-0.05, 0) is 24.3 Å². The molecule has 1 aromatic carbocycles. The highest BCUT2D eigenvalue weighted by atomic mass is 35.5. The summed E-state index contributed by atoms with van der Waals surface area (Å²) >= 11 is 5.80. The van der Waals surface area contributed by atoms with Crippen molar-refractivity contribution >= 4 is 17.5 Å². The fourth-order valence-corrected chi connectivity index (χ4v) is 2.21. The first-order chi connectivity index (χ1) is 11.1. The minimum absolute atomic E-state index is 0.0434. The van der Waals surface area contributed by atoms with Crippen LogP contribution in [-0.2, 0) is 11.3 Å². The number of hydrogen-bond acceptors (Lipinski definition) is 4. The second-order valence-electron chi connectivity index (χ2n) is 5.44. The molecule has 0 saturated carbocycles. The molecule has 0 spiro atoms. The zero-order valence-corrected chi connectivity index (χ0v) is 14.1. The van der Waals surface area contributed by atoms with Crippen molar-refractivity contribution in [1.82, 2.24) is 20.1 Å². The van der Waals surface area contributed by atoms with Crippen molar-refractivity contribution in [3.8, 4) is 5.75 Å². The standard InChI is InChI=1S/C16H21ClN4O2/c1-12(2)16-20-19-11-21(16)9-8-18-15(22)7-10-23-14-5-3-13(17)4-6-14/h3-6,11-12H,7-10H2,1-2H3,(H,18,22). The third-order valence-corrected chi connectivity index (χ3v) is 3.50. The molecule has 1 amide bonds. The molecule has 6 nitrogen and oxygen atoms in total. The van der Waals surface area contributed by atoms with Crippen molar-refractivity contribution in [3.63, 3.8) is 0 Å². The number of carbonyl (C=O) groups is 1. The minimum Gasteiger partial charge on any atom is -0.493 e. The first kappa shape index (κ1) is 17.3. The lowest BCUT2D eigenvalue weighted by molar-refractivity contribution is -0.121. The fraction of sp³-hybridized carbons (Fsp3) is 0.438. The second kappa shape index (κ2) is 8.53. The average Bonchev–Trinajstić information content (AvgIpc) is 2.98. The minimum atomic E-state index is -0.0434. The number of aromatic nitrogens is 3. The largest absolute Gasteiger partial charge is 0.493 e. The van der Waals surface area contributed by atoms with Crippen LogP contribution in [0.3, 0.4) is 0 Å². The van der Waals surface area contributed by atoms with Crippen LogP contribution >= 0.6 is 11.6 Å². The third-order valence-electron chi connectivity index (χ3n) is 3.25. The van der Waals surface area contributed by atoms with Crippen molar-refractivity contribution in [1.29, 1.82) is 0 Å². The van der Waals surface area contributed by atoms with Gasteiger partial charge in [0.05, 0.1) is 13.0 Å². The highest BCUT2D eigenvalue weighted by molar-refractivity contribution is 6.30. The van der Waals surface area contributed by atoms with E-state index in [0.717, 1.165) is 5.82 Å². The Morgan fingerprint density at radius 3 is 2.78 bits per heavy atom. The fourth-order valence-electron chi connectivity index (χ4n) is 2.08. The molecule has 23 heavy (non-hydrogen) atoms. The highest BCUT2D eigenvalue weighted by Crippen LogP contribution is 2.15. The molecule has 0 atom stereocenters. The predicted octanol–water partition coefficient (Wildman–Crippen LogP) is 2.64. The zero-order valence-electron chi connectivity index (χ0n) is 13.3. The summed E-state index contributed by atoms with van der Waals surface area (Å²) < 4.78 is 7.44. The summed E-state index contributed by atoms with van der Waals surface area (Å²) in [4.78, 5) is 11.8. The van der Waals surface area contributed by atoms with Crippen molar-refractivity contribution in [2.75, 3.05) is 13.2 Å². The number of nitrogens with one attached hydrogen (secondary N) is 1. The number of benzene rings is 1. The van der Waals surface area contributed by atoms with Gasteiger partial charge in [-0.15, -0.1) is 10.2 Å². The number of hydrogen-bond donors (Lipinski definition) is 1. The monoisotopic (exact) mass is 336 g/mol. The van der Waals surface area contributed by atoms with E-state index in [0.29, 0.717) is 42.8 Å². The van der Waals surface area contributed by atoms with Gasteiger partial charge in [-0.1, -0.05) is 25.4 Å². The van der Waals surface area contributed by atoms with E-state index < -0.39 is 0 Å². The van der Waals surface area contributed by atoms with Crippen molar-refractivity contribution < 1.29 is 9.53 Å². The first-order valence-electron chi connectivity index (χ1n) is 7.59. The van der Waals surface area contributed by atoms with E-state index in [1.54, 1.807) is 30.6 Å². The number of rotatable bonds is 8.